The second-order valence-corrected chi connectivity index (χ2v) is 5.22. The fraction of sp³-hybridized carbons (Fsp3) is 0.250. The van der Waals surface area contributed by atoms with Crippen LogP contribution in [0.15, 0.2) is 36.4 Å². The first-order chi connectivity index (χ1) is 10.0. The van der Waals surface area contributed by atoms with Gasteiger partial charge in [0.2, 0.25) is 0 Å². The molecule has 21 heavy (non-hydrogen) atoms. The van der Waals surface area contributed by atoms with Crippen molar-refractivity contribution in [3.8, 4) is 0 Å². The smallest absolute Gasteiger partial charge is 0.142 e. The Morgan fingerprint density at radius 1 is 1.00 bits per heavy atom. The van der Waals surface area contributed by atoms with Gasteiger partial charge < -0.3 is 5.32 Å². The van der Waals surface area contributed by atoms with Crippen LogP contribution in [0, 0.1) is 17.5 Å². The number of likely N-dealkylation sites (N-methyl/N-ethyl adjacent to an activating group) is 1. The molecule has 0 spiro atoms. The molecule has 112 valence electrons. The van der Waals surface area contributed by atoms with Crippen LogP contribution in [0.4, 0.5) is 13.2 Å². The minimum Gasteiger partial charge on any atom is -0.316 e. The maximum absolute atomic E-state index is 13.7. The average molecular weight is 314 g/mol. The lowest BCUT2D eigenvalue weighted by atomic mass is 9.98. The number of halogens is 4. The molecule has 0 aromatic heterocycles. The molecule has 1 unspecified atom stereocenters. The van der Waals surface area contributed by atoms with Crippen molar-refractivity contribution in [3.63, 3.8) is 0 Å². The highest BCUT2D eigenvalue weighted by atomic mass is 35.5. The molecule has 1 atom stereocenters. The van der Waals surface area contributed by atoms with Crippen LogP contribution in [0.3, 0.4) is 0 Å². The third-order valence-corrected chi connectivity index (χ3v) is 3.81. The van der Waals surface area contributed by atoms with E-state index in [4.69, 9.17) is 11.6 Å². The van der Waals surface area contributed by atoms with E-state index < -0.39 is 17.5 Å². The van der Waals surface area contributed by atoms with Gasteiger partial charge in [0, 0.05) is 12.1 Å². The Morgan fingerprint density at radius 3 is 2.38 bits per heavy atom. The zero-order valence-corrected chi connectivity index (χ0v) is 12.2. The van der Waals surface area contributed by atoms with E-state index in [0.29, 0.717) is 24.0 Å². The van der Waals surface area contributed by atoms with Gasteiger partial charge in [0.25, 0.3) is 0 Å². The number of benzene rings is 2. The van der Waals surface area contributed by atoms with Crippen LogP contribution in [-0.4, -0.2) is 13.1 Å². The molecule has 2 rings (SSSR count). The summed E-state index contributed by atoms with van der Waals surface area (Å²) < 4.78 is 40.0. The summed E-state index contributed by atoms with van der Waals surface area (Å²) in [5.74, 6) is -1.66. The van der Waals surface area contributed by atoms with Gasteiger partial charge in [-0.2, -0.15) is 0 Å². The number of nitrogens with one attached hydrogen (secondary N) is 1. The second kappa shape index (κ2) is 6.96. The molecule has 0 aliphatic rings. The highest BCUT2D eigenvalue weighted by Crippen LogP contribution is 2.22. The topological polar surface area (TPSA) is 12.0 Å². The van der Waals surface area contributed by atoms with Crippen LogP contribution in [0.25, 0.3) is 0 Å². The van der Waals surface area contributed by atoms with Crippen molar-refractivity contribution in [3.05, 3.63) is 70.0 Å². The molecule has 0 aliphatic heterocycles. The van der Waals surface area contributed by atoms with Gasteiger partial charge >= 0.3 is 0 Å². The minimum atomic E-state index is -0.606. The highest BCUT2D eigenvalue weighted by Gasteiger charge is 2.15. The fourth-order valence-corrected chi connectivity index (χ4v) is 2.40. The summed E-state index contributed by atoms with van der Waals surface area (Å²) in [6.45, 7) is 0. The minimum absolute atomic E-state index is 0.0809. The molecule has 0 amide bonds. The van der Waals surface area contributed by atoms with Gasteiger partial charge in [-0.25, -0.2) is 13.2 Å². The van der Waals surface area contributed by atoms with Crippen LogP contribution < -0.4 is 5.32 Å². The van der Waals surface area contributed by atoms with Crippen molar-refractivity contribution in [1.82, 2.24) is 5.32 Å². The van der Waals surface area contributed by atoms with Crippen LogP contribution in [-0.2, 0) is 12.8 Å². The molecule has 2 aromatic carbocycles. The van der Waals surface area contributed by atoms with Gasteiger partial charge in [-0.15, -0.1) is 0 Å². The van der Waals surface area contributed by atoms with Crippen molar-refractivity contribution in [2.24, 2.45) is 0 Å². The molecule has 0 fully saturated rings. The van der Waals surface area contributed by atoms with Crippen LogP contribution in [0.2, 0.25) is 5.02 Å². The largest absolute Gasteiger partial charge is 0.316 e. The SMILES string of the molecule is CNC(Cc1ccc(F)cc1F)Cc1cccc(F)c1Cl. The molecule has 0 heterocycles. The maximum Gasteiger partial charge on any atom is 0.142 e. The van der Waals surface area contributed by atoms with Gasteiger partial charge in [-0.3, -0.25) is 0 Å². The number of hydrogen-bond acceptors (Lipinski definition) is 1. The molecule has 5 heteroatoms. The lowest BCUT2D eigenvalue weighted by Crippen LogP contribution is -2.30. The van der Waals surface area contributed by atoms with E-state index in [9.17, 15) is 13.2 Å². The quantitative estimate of drug-likeness (QED) is 0.875. The molecule has 0 bridgehead atoms. The van der Waals surface area contributed by atoms with E-state index in [0.717, 1.165) is 6.07 Å². The van der Waals surface area contributed by atoms with Crippen molar-refractivity contribution in [2.75, 3.05) is 7.05 Å². The molecular weight excluding hydrogens is 299 g/mol. The summed E-state index contributed by atoms with van der Waals surface area (Å²) in [5, 5.41) is 3.13. The average Bonchev–Trinajstić information content (AvgIpc) is 2.45. The summed E-state index contributed by atoms with van der Waals surface area (Å²) >= 11 is 5.92. The molecule has 1 N–H and O–H groups in total. The van der Waals surface area contributed by atoms with E-state index in [1.807, 2.05) is 0 Å². The van der Waals surface area contributed by atoms with Crippen molar-refractivity contribution in [2.45, 2.75) is 18.9 Å². The van der Waals surface area contributed by atoms with Gasteiger partial charge in [0.05, 0.1) is 5.02 Å². The number of rotatable bonds is 5. The Kier molecular flexibility index (Phi) is 5.26. The first-order valence-corrected chi connectivity index (χ1v) is 6.93. The lowest BCUT2D eigenvalue weighted by molar-refractivity contribution is 0.523. The van der Waals surface area contributed by atoms with E-state index in [-0.39, 0.29) is 11.1 Å². The normalized spacial score (nSPS) is 12.4. The number of hydrogen-bond donors (Lipinski definition) is 1. The van der Waals surface area contributed by atoms with Gasteiger partial charge in [0.1, 0.15) is 17.5 Å². The maximum atomic E-state index is 13.7. The third kappa shape index (κ3) is 3.99. The van der Waals surface area contributed by atoms with Crippen LogP contribution in [0.5, 0.6) is 0 Å². The zero-order chi connectivity index (χ0) is 15.4. The monoisotopic (exact) mass is 313 g/mol. The van der Waals surface area contributed by atoms with Gasteiger partial charge in [0.15, 0.2) is 0 Å². The van der Waals surface area contributed by atoms with Crippen molar-refractivity contribution >= 4 is 11.6 Å². The summed E-state index contributed by atoms with van der Waals surface area (Å²) in [6.07, 6.45) is 0.805. The summed E-state index contributed by atoms with van der Waals surface area (Å²) in [5.41, 5.74) is 1.06. The summed E-state index contributed by atoms with van der Waals surface area (Å²) in [6, 6.07) is 7.97. The Bertz CT molecular complexity index is 631. The van der Waals surface area contributed by atoms with Crippen molar-refractivity contribution in [1.29, 1.82) is 0 Å². The van der Waals surface area contributed by atoms with E-state index >= 15 is 0 Å². The second-order valence-electron chi connectivity index (χ2n) is 4.84. The predicted octanol–water partition coefficient (Wildman–Crippen LogP) is 4.13. The van der Waals surface area contributed by atoms with Crippen molar-refractivity contribution < 1.29 is 13.2 Å². The third-order valence-electron chi connectivity index (χ3n) is 3.39. The Hall–Kier alpha value is -1.52. The molecule has 2 aromatic rings. The van der Waals surface area contributed by atoms with E-state index in [1.165, 1.54) is 18.2 Å². The molecule has 0 saturated carbocycles. The summed E-state index contributed by atoms with van der Waals surface area (Å²) in [7, 11) is 1.74. The molecule has 0 saturated heterocycles. The van der Waals surface area contributed by atoms with Gasteiger partial charge in [-0.1, -0.05) is 29.8 Å². The molecule has 0 aliphatic carbocycles. The van der Waals surface area contributed by atoms with E-state index in [1.54, 1.807) is 19.2 Å². The zero-order valence-electron chi connectivity index (χ0n) is 11.5. The summed E-state index contributed by atoms with van der Waals surface area (Å²) in [4.78, 5) is 0. The molecular formula is C16H15ClF3N. The highest BCUT2D eigenvalue weighted by molar-refractivity contribution is 6.31. The Labute approximate surface area is 126 Å². The standard InChI is InChI=1S/C16H15ClF3N/c1-21-13(7-10-5-6-12(18)9-15(10)20)8-11-3-2-4-14(19)16(11)17/h2-6,9,13,21H,7-8H2,1H3. The van der Waals surface area contributed by atoms with Gasteiger partial charge in [-0.05, 0) is 43.1 Å². The first-order valence-electron chi connectivity index (χ1n) is 6.55. The first kappa shape index (κ1) is 15.9. The Morgan fingerprint density at radius 2 is 1.71 bits per heavy atom. The van der Waals surface area contributed by atoms with Crippen LogP contribution in [0.1, 0.15) is 11.1 Å². The van der Waals surface area contributed by atoms with Crippen LogP contribution >= 0.6 is 11.6 Å². The lowest BCUT2D eigenvalue weighted by Gasteiger charge is -2.17. The predicted molar refractivity (Wildman–Crippen MR) is 78.0 cm³/mol. The molecule has 1 nitrogen and oxygen atoms in total. The molecule has 0 radical (unpaired) electrons. The fourth-order valence-electron chi connectivity index (χ4n) is 2.20. The Balaban J connectivity index is 2.15. The van der Waals surface area contributed by atoms with E-state index in [2.05, 4.69) is 5.32 Å².